The molecule has 2 N–H and O–H groups in total. The smallest absolute Gasteiger partial charge is 0.391 e. The number of halogens is 3. The van der Waals surface area contributed by atoms with Gasteiger partial charge in [-0.2, -0.15) is 17.9 Å². The second-order valence-corrected chi connectivity index (χ2v) is 7.21. The molecule has 1 amide bonds. The van der Waals surface area contributed by atoms with Crippen molar-refractivity contribution >= 4 is 28.6 Å². The Bertz CT molecular complexity index is 1120. The summed E-state index contributed by atoms with van der Waals surface area (Å²) in [5, 5.41) is 4.49. The third-order valence-electron chi connectivity index (χ3n) is 5.17. The Labute approximate surface area is 174 Å². The van der Waals surface area contributed by atoms with Crippen LogP contribution in [-0.2, 0) is 0 Å². The lowest BCUT2D eigenvalue weighted by Crippen LogP contribution is -2.44. The van der Waals surface area contributed by atoms with E-state index in [-0.39, 0.29) is 42.9 Å². The number of likely N-dealkylation sites (tertiary alicyclic amines) is 1. The number of rotatable bonds is 2. The number of hydrogen-bond donors (Lipinski definition) is 1. The lowest BCUT2D eigenvalue weighted by molar-refractivity contribution is -0.183. The van der Waals surface area contributed by atoms with Gasteiger partial charge in [0.2, 0.25) is 5.88 Å². The largest absolute Gasteiger partial charge is 0.401 e. The summed E-state index contributed by atoms with van der Waals surface area (Å²) in [7, 11) is 0. The molecule has 31 heavy (non-hydrogen) atoms. The third kappa shape index (κ3) is 4.16. The van der Waals surface area contributed by atoms with Crippen LogP contribution in [0.15, 0.2) is 42.7 Å². The van der Waals surface area contributed by atoms with Crippen molar-refractivity contribution in [3.8, 4) is 5.88 Å². The van der Waals surface area contributed by atoms with E-state index < -0.39 is 24.1 Å². The Balaban J connectivity index is 1.62. The molecule has 1 fully saturated rings. The Morgan fingerprint density at radius 2 is 1.90 bits per heavy atom. The van der Waals surface area contributed by atoms with E-state index in [1.165, 1.54) is 29.4 Å². The summed E-state index contributed by atoms with van der Waals surface area (Å²) in [6.45, 7) is -0.116. The van der Waals surface area contributed by atoms with E-state index in [2.05, 4.69) is 10.1 Å². The van der Waals surface area contributed by atoms with Crippen molar-refractivity contribution in [1.29, 1.82) is 0 Å². The number of alkyl halides is 3. The first kappa shape index (κ1) is 20.6. The maximum Gasteiger partial charge on any atom is 0.391 e. The molecule has 1 aliphatic heterocycles. The number of nitrogen functional groups attached to an aromatic ring is 1. The van der Waals surface area contributed by atoms with Crippen molar-refractivity contribution < 1.29 is 27.5 Å². The number of esters is 1. The van der Waals surface area contributed by atoms with E-state index in [1.54, 1.807) is 18.2 Å². The highest BCUT2D eigenvalue weighted by atomic mass is 19.4. The van der Waals surface area contributed by atoms with Gasteiger partial charge in [-0.3, -0.25) is 4.98 Å². The van der Waals surface area contributed by atoms with Gasteiger partial charge in [-0.25, -0.2) is 9.59 Å². The summed E-state index contributed by atoms with van der Waals surface area (Å²) in [4.78, 5) is 30.6. The van der Waals surface area contributed by atoms with Crippen LogP contribution >= 0.6 is 0 Å². The van der Waals surface area contributed by atoms with E-state index in [1.807, 2.05) is 0 Å². The molecule has 0 bridgehead atoms. The second-order valence-electron chi connectivity index (χ2n) is 7.21. The van der Waals surface area contributed by atoms with Crippen LogP contribution in [0.1, 0.15) is 23.2 Å². The molecular weight excluding hydrogens is 415 g/mol. The summed E-state index contributed by atoms with van der Waals surface area (Å²) in [6.07, 6.45) is -1.81. The maximum absolute atomic E-state index is 13.0. The van der Waals surface area contributed by atoms with E-state index in [0.29, 0.717) is 11.1 Å². The predicted molar refractivity (Wildman–Crippen MR) is 104 cm³/mol. The van der Waals surface area contributed by atoms with E-state index in [0.717, 1.165) is 4.68 Å². The van der Waals surface area contributed by atoms with Crippen molar-refractivity contribution in [2.75, 3.05) is 18.8 Å². The molecule has 1 saturated heterocycles. The average Bonchev–Trinajstić information content (AvgIpc) is 3.10. The van der Waals surface area contributed by atoms with Crippen molar-refractivity contribution in [3.05, 3.63) is 48.3 Å². The monoisotopic (exact) mass is 433 g/mol. The average molecular weight is 433 g/mol. The number of carbonyl (C=O) groups is 2. The van der Waals surface area contributed by atoms with Gasteiger partial charge in [0.05, 0.1) is 22.4 Å². The molecule has 1 aromatic carbocycles. The maximum atomic E-state index is 13.0. The number of fused-ring (bicyclic) bond motifs is 1. The minimum Gasteiger partial charge on any atom is -0.401 e. The van der Waals surface area contributed by atoms with Crippen molar-refractivity contribution in [1.82, 2.24) is 19.7 Å². The zero-order valence-electron chi connectivity index (χ0n) is 16.2. The molecule has 11 heteroatoms. The number of carbonyl (C=O) groups excluding carboxylic acids is 2. The van der Waals surface area contributed by atoms with Gasteiger partial charge >= 0.3 is 18.2 Å². The number of piperidine rings is 1. The van der Waals surface area contributed by atoms with Crippen LogP contribution in [0, 0.1) is 5.92 Å². The van der Waals surface area contributed by atoms with Crippen LogP contribution in [0.3, 0.4) is 0 Å². The molecule has 0 radical (unpaired) electrons. The first-order valence-electron chi connectivity index (χ1n) is 9.50. The van der Waals surface area contributed by atoms with Gasteiger partial charge in [0.25, 0.3) is 0 Å². The molecule has 2 aromatic heterocycles. The summed E-state index contributed by atoms with van der Waals surface area (Å²) >= 11 is 0. The third-order valence-corrected chi connectivity index (χ3v) is 5.17. The standard InChI is InChI=1S/C20H18F3N5O3/c21-20(22,23)13-5-8-27(9-6-13)19(30)28-16-10-14(24)3-4-15(16)17(26-28)31-18(29)12-2-1-7-25-11-12/h1-4,7,10-11,13H,5-6,8-9,24H2. The lowest BCUT2D eigenvalue weighted by Gasteiger charge is -2.32. The summed E-state index contributed by atoms with van der Waals surface area (Å²) in [6, 6.07) is 7.09. The highest BCUT2D eigenvalue weighted by Gasteiger charge is 2.42. The van der Waals surface area contributed by atoms with Crippen molar-refractivity contribution in [3.63, 3.8) is 0 Å². The van der Waals surface area contributed by atoms with Crippen LogP contribution in [-0.4, -0.2) is 50.9 Å². The van der Waals surface area contributed by atoms with Gasteiger partial charge in [-0.05, 0) is 43.2 Å². The Hall–Kier alpha value is -3.63. The van der Waals surface area contributed by atoms with Crippen molar-refractivity contribution in [2.45, 2.75) is 19.0 Å². The number of nitrogens with two attached hydrogens (primary N) is 1. The molecule has 0 spiro atoms. The zero-order chi connectivity index (χ0) is 22.2. The minimum absolute atomic E-state index is 0.0581. The molecule has 0 aliphatic carbocycles. The Morgan fingerprint density at radius 3 is 2.55 bits per heavy atom. The molecule has 3 heterocycles. The number of ether oxygens (including phenoxy) is 1. The van der Waals surface area contributed by atoms with Gasteiger partial charge in [-0.1, -0.05) is 0 Å². The SMILES string of the molecule is Nc1ccc2c(OC(=O)c3cccnc3)nn(C(=O)N3CCC(C(F)(F)F)CC3)c2c1. The quantitative estimate of drug-likeness (QED) is 0.490. The number of anilines is 1. The van der Waals surface area contributed by atoms with Gasteiger partial charge in [0.1, 0.15) is 0 Å². The number of pyridine rings is 1. The van der Waals surface area contributed by atoms with E-state index >= 15 is 0 Å². The first-order valence-corrected chi connectivity index (χ1v) is 9.50. The topological polar surface area (TPSA) is 103 Å². The lowest BCUT2D eigenvalue weighted by atomic mass is 9.96. The molecule has 0 unspecified atom stereocenters. The summed E-state index contributed by atoms with van der Waals surface area (Å²) in [5.74, 6) is -2.25. The fourth-order valence-electron chi connectivity index (χ4n) is 3.49. The molecule has 4 rings (SSSR count). The van der Waals surface area contributed by atoms with Gasteiger partial charge in [-0.15, -0.1) is 5.10 Å². The molecule has 1 aliphatic rings. The summed E-state index contributed by atoms with van der Waals surface area (Å²) in [5.41, 5.74) is 6.67. The number of benzene rings is 1. The molecular formula is C20H18F3N5O3. The van der Waals surface area contributed by atoms with Crippen LogP contribution in [0.25, 0.3) is 10.9 Å². The number of nitrogens with zero attached hydrogens (tertiary/aromatic N) is 4. The van der Waals surface area contributed by atoms with Gasteiger partial charge in [0, 0.05) is 31.2 Å². The molecule has 8 nitrogen and oxygen atoms in total. The normalized spacial score (nSPS) is 15.3. The number of hydrogen-bond acceptors (Lipinski definition) is 6. The van der Waals surface area contributed by atoms with E-state index in [4.69, 9.17) is 10.5 Å². The Morgan fingerprint density at radius 1 is 1.16 bits per heavy atom. The van der Waals surface area contributed by atoms with Gasteiger partial charge < -0.3 is 15.4 Å². The van der Waals surface area contributed by atoms with Crippen molar-refractivity contribution in [2.24, 2.45) is 5.92 Å². The van der Waals surface area contributed by atoms with Crippen LogP contribution in [0.2, 0.25) is 0 Å². The van der Waals surface area contributed by atoms with Crippen LogP contribution in [0.4, 0.5) is 23.7 Å². The van der Waals surface area contributed by atoms with Crippen LogP contribution < -0.4 is 10.5 Å². The fourth-order valence-corrected chi connectivity index (χ4v) is 3.49. The zero-order valence-corrected chi connectivity index (χ0v) is 16.2. The Kier molecular flexibility index (Phi) is 5.25. The first-order chi connectivity index (χ1) is 14.7. The second kappa shape index (κ2) is 7.89. The number of amides is 1. The molecule has 162 valence electrons. The molecule has 0 saturated carbocycles. The fraction of sp³-hybridized carbons (Fsp3) is 0.300. The van der Waals surface area contributed by atoms with Crippen LogP contribution in [0.5, 0.6) is 5.88 Å². The molecule has 3 aromatic rings. The molecule has 0 atom stereocenters. The summed E-state index contributed by atoms with van der Waals surface area (Å²) < 4.78 is 45.1. The number of aromatic nitrogens is 3. The highest BCUT2D eigenvalue weighted by Crippen LogP contribution is 2.35. The van der Waals surface area contributed by atoms with Gasteiger partial charge in [0.15, 0.2) is 0 Å². The minimum atomic E-state index is -4.28. The highest BCUT2D eigenvalue weighted by molar-refractivity contribution is 5.97. The van der Waals surface area contributed by atoms with E-state index in [9.17, 15) is 22.8 Å². The predicted octanol–water partition coefficient (Wildman–Crippen LogP) is 3.48.